The molecule has 1 aromatic heterocycles. The Bertz CT molecular complexity index is 652. The largest absolute Gasteiger partial charge is 0.494 e. The highest BCUT2D eigenvalue weighted by Crippen LogP contribution is 2.31. The van der Waals surface area contributed by atoms with Crippen molar-refractivity contribution in [1.29, 1.82) is 0 Å². The zero-order valence-corrected chi connectivity index (χ0v) is 11.8. The molecule has 5 heteroatoms. The second-order valence-electron chi connectivity index (χ2n) is 4.48. The molecule has 0 bridgehead atoms. The fraction of sp³-hybridized carbons (Fsp3) is 0.333. The highest BCUT2D eigenvalue weighted by atomic mass is 16.5. The molecule has 0 aliphatic heterocycles. The van der Waals surface area contributed by atoms with Crippen molar-refractivity contribution in [2.45, 2.75) is 20.3 Å². The van der Waals surface area contributed by atoms with E-state index in [9.17, 15) is 9.90 Å². The Morgan fingerprint density at radius 2 is 2.15 bits per heavy atom. The molecule has 0 radical (unpaired) electrons. The Morgan fingerprint density at radius 1 is 1.40 bits per heavy atom. The maximum absolute atomic E-state index is 11.3. The van der Waals surface area contributed by atoms with E-state index in [4.69, 9.17) is 9.47 Å². The molecule has 5 nitrogen and oxygen atoms in total. The molecule has 0 atom stereocenters. The van der Waals surface area contributed by atoms with Gasteiger partial charge in [-0.3, -0.25) is 0 Å². The summed E-state index contributed by atoms with van der Waals surface area (Å²) in [5.41, 5.74) is 1.63. The highest BCUT2D eigenvalue weighted by Gasteiger charge is 2.17. The minimum atomic E-state index is -1.05. The van der Waals surface area contributed by atoms with Crippen molar-refractivity contribution in [2.75, 3.05) is 13.7 Å². The molecule has 0 saturated carbocycles. The van der Waals surface area contributed by atoms with Crippen molar-refractivity contribution in [1.82, 2.24) is 4.98 Å². The van der Waals surface area contributed by atoms with Crippen molar-refractivity contribution in [3.63, 3.8) is 0 Å². The summed E-state index contributed by atoms with van der Waals surface area (Å²) in [5.74, 6) is -0.313. The van der Waals surface area contributed by atoms with Crippen LogP contribution in [-0.4, -0.2) is 29.8 Å². The molecule has 106 valence electrons. The molecule has 0 fully saturated rings. The fourth-order valence-corrected chi connectivity index (χ4v) is 1.98. The van der Waals surface area contributed by atoms with Crippen LogP contribution in [-0.2, 0) is 0 Å². The molecular weight excluding hydrogens is 258 g/mol. The Labute approximate surface area is 117 Å². The molecule has 0 aliphatic carbocycles. The Kier molecular flexibility index (Phi) is 4.08. The van der Waals surface area contributed by atoms with Gasteiger partial charge < -0.3 is 14.6 Å². The number of carboxylic acids is 1. The number of methoxy groups -OCH3 is 1. The number of ether oxygens (including phenoxy) is 2. The van der Waals surface area contributed by atoms with Gasteiger partial charge in [-0.1, -0.05) is 13.0 Å². The third-order valence-electron chi connectivity index (χ3n) is 3.02. The molecular formula is C15H17NO4. The van der Waals surface area contributed by atoms with Crippen LogP contribution in [0.3, 0.4) is 0 Å². The van der Waals surface area contributed by atoms with E-state index in [0.717, 1.165) is 17.4 Å². The lowest BCUT2D eigenvalue weighted by atomic mass is 10.1. The predicted octanol–water partition coefficient (Wildman–Crippen LogP) is 3.04. The average molecular weight is 275 g/mol. The Hall–Kier alpha value is -2.30. The number of carboxylic acid groups (broad SMARTS) is 1. The molecule has 0 aliphatic rings. The van der Waals surface area contributed by atoms with Gasteiger partial charge >= 0.3 is 5.97 Å². The van der Waals surface area contributed by atoms with Gasteiger partial charge in [0.05, 0.1) is 13.7 Å². The number of nitrogens with zero attached hydrogens (tertiary/aromatic N) is 1. The van der Waals surface area contributed by atoms with Gasteiger partial charge in [0.15, 0.2) is 0 Å². The minimum Gasteiger partial charge on any atom is -0.494 e. The topological polar surface area (TPSA) is 68.7 Å². The van der Waals surface area contributed by atoms with Gasteiger partial charge in [-0.15, -0.1) is 0 Å². The number of carbonyl (C=O) groups is 1. The van der Waals surface area contributed by atoms with Crippen LogP contribution in [0.2, 0.25) is 0 Å². The number of hydrogen-bond donors (Lipinski definition) is 1. The van der Waals surface area contributed by atoms with Crippen molar-refractivity contribution in [2.24, 2.45) is 0 Å². The molecule has 1 heterocycles. The van der Waals surface area contributed by atoms with Crippen LogP contribution in [0.15, 0.2) is 18.2 Å². The van der Waals surface area contributed by atoms with Crippen LogP contribution in [0, 0.1) is 6.92 Å². The van der Waals surface area contributed by atoms with E-state index in [0.29, 0.717) is 17.9 Å². The quantitative estimate of drug-likeness (QED) is 0.908. The predicted molar refractivity (Wildman–Crippen MR) is 75.8 cm³/mol. The Morgan fingerprint density at radius 3 is 2.75 bits per heavy atom. The van der Waals surface area contributed by atoms with Gasteiger partial charge in [-0.2, -0.15) is 0 Å². The van der Waals surface area contributed by atoms with E-state index in [2.05, 4.69) is 4.98 Å². The Balaban J connectivity index is 2.70. The van der Waals surface area contributed by atoms with Gasteiger partial charge in [0.25, 0.3) is 0 Å². The first-order valence-corrected chi connectivity index (χ1v) is 6.43. The first-order valence-electron chi connectivity index (χ1n) is 6.43. The van der Waals surface area contributed by atoms with E-state index in [1.54, 1.807) is 13.2 Å². The maximum Gasteiger partial charge on any atom is 0.341 e. The third kappa shape index (κ3) is 2.52. The van der Waals surface area contributed by atoms with Crippen LogP contribution in [0.5, 0.6) is 11.6 Å². The summed E-state index contributed by atoms with van der Waals surface area (Å²) in [6.45, 7) is 4.28. The number of fused-ring (bicyclic) bond motifs is 1. The van der Waals surface area contributed by atoms with Crippen molar-refractivity contribution in [3.8, 4) is 11.6 Å². The first-order chi connectivity index (χ1) is 9.58. The third-order valence-corrected chi connectivity index (χ3v) is 3.02. The molecule has 1 aromatic carbocycles. The number of rotatable bonds is 5. The molecule has 0 saturated heterocycles. The maximum atomic E-state index is 11.3. The molecule has 0 amide bonds. The lowest BCUT2D eigenvalue weighted by Crippen LogP contribution is -2.07. The van der Waals surface area contributed by atoms with Gasteiger partial charge in [-0.05, 0) is 31.0 Å². The zero-order valence-electron chi connectivity index (χ0n) is 11.8. The van der Waals surface area contributed by atoms with Gasteiger partial charge in [0.1, 0.15) is 16.8 Å². The number of aromatic carboxylic acids is 1. The van der Waals surface area contributed by atoms with E-state index >= 15 is 0 Å². The van der Waals surface area contributed by atoms with Crippen LogP contribution in [0.4, 0.5) is 0 Å². The van der Waals surface area contributed by atoms with Gasteiger partial charge in [-0.25, -0.2) is 9.78 Å². The standard InChI is InChI=1S/C15H17NO4/c1-4-7-20-14-11(15(17)18)8-10-9(2)5-6-12(19-3)13(10)16-14/h5-6,8H,4,7H2,1-3H3,(H,17,18). The van der Waals surface area contributed by atoms with Crippen molar-refractivity contribution >= 4 is 16.9 Å². The van der Waals surface area contributed by atoms with E-state index in [-0.39, 0.29) is 11.4 Å². The number of aromatic nitrogens is 1. The fourth-order valence-electron chi connectivity index (χ4n) is 1.98. The number of benzene rings is 1. The van der Waals surface area contributed by atoms with Crippen LogP contribution in [0.1, 0.15) is 29.3 Å². The monoisotopic (exact) mass is 275 g/mol. The van der Waals surface area contributed by atoms with Crippen molar-refractivity contribution in [3.05, 3.63) is 29.3 Å². The lowest BCUT2D eigenvalue weighted by Gasteiger charge is -2.12. The second kappa shape index (κ2) is 5.77. The molecule has 1 N–H and O–H groups in total. The van der Waals surface area contributed by atoms with Crippen LogP contribution in [0.25, 0.3) is 10.9 Å². The van der Waals surface area contributed by atoms with E-state index in [1.165, 1.54) is 0 Å². The smallest absolute Gasteiger partial charge is 0.341 e. The minimum absolute atomic E-state index is 0.0716. The summed E-state index contributed by atoms with van der Waals surface area (Å²) in [6, 6.07) is 5.28. The number of pyridine rings is 1. The molecule has 2 aromatic rings. The summed E-state index contributed by atoms with van der Waals surface area (Å²) in [4.78, 5) is 15.7. The number of hydrogen-bond acceptors (Lipinski definition) is 4. The summed E-state index contributed by atoms with van der Waals surface area (Å²) in [7, 11) is 1.56. The summed E-state index contributed by atoms with van der Waals surface area (Å²) in [6.07, 6.45) is 0.781. The SMILES string of the molecule is CCCOc1nc2c(OC)ccc(C)c2cc1C(=O)O. The second-order valence-corrected chi connectivity index (χ2v) is 4.48. The normalized spacial score (nSPS) is 10.6. The van der Waals surface area contributed by atoms with E-state index in [1.807, 2.05) is 26.0 Å². The van der Waals surface area contributed by atoms with Crippen LogP contribution >= 0.6 is 0 Å². The lowest BCUT2D eigenvalue weighted by molar-refractivity contribution is 0.0691. The zero-order chi connectivity index (χ0) is 14.7. The molecule has 0 spiro atoms. The van der Waals surface area contributed by atoms with Crippen LogP contribution < -0.4 is 9.47 Å². The van der Waals surface area contributed by atoms with E-state index < -0.39 is 5.97 Å². The number of aryl methyl sites for hydroxylation is 1. The summed E-state index contributed by atoms with van der Waals surface area (Å²) in [5, 5.41) is 10.0. The summed E-state index contributed by atoms with van der Waals surface area (Å²) < 4.78 is 10.7. The molecule has 2 rings (SSSR count). The first kappa shape index (κ1) is 14.1. The van der Waals surface area contributed by atoms with Gasteiger partial charge in [0, 0.05) is 5.39 Å². The van der Waals surface area contributed by atoms with Crippen molar-refractivity contribution < 1.29 is 19.4 Å². The van der Waals surface area contributed by atoms with Gasteiger partial charge in [0.2, 0.25) is 5.88 Å². The molecule has 0 unspecified atom stereocenters. The summed E-state index contributed by atoms with van der Waals surface area (Å²) >= 11 is 0. The molecule has 20 heavy (non-hydrogen) atoms. The highest BCUT2D eigenvalue weighted by molar-refractivity contribution is 5.97. The average Bonchev–Trinajstić information content (AvgIpc) is 2.44.